The van der Waals surface area contributed by atoms with Crippen molar-refractivity contribution < 1.29 is 23.8 Å². The number of thiophene rings is 1. The second-order valence-corrected chi connectivity index (χ2v) is 9.65. The molecule has 0 saturated carbocycles. The predicted octanol–water partition coefficient (Wildman–Crippen LogP) is 5.83. The summed E-state index contributed by atoms with van der Waals surface area (Å²) in [6.07, 6.45) is 1.43. The van der Waals surface area contributed by atoms with Gasteiger partial charge < -0.3 is 24.8 Å². The zero-order chi connectivity index (χ0) is 26.5. The van der Waals surface area contributed by atoms with E-state index in [4.69, 9.17) is 14.2 Å². The van der Waals surface area contributed by atoms with Gasteiger partial charge in [0.2, 0.25) is 0 Å². The van der Waals surface area contributed by atoms with E-state index in [1.807, 2.05) is 26.8 Å². The summed E-state index contributed by atoms with van der Waals surface area (Å²) < 4.78 is 16.6. The second-order valence-electron chi connectivity index (χ2n) is 8.65. The Hall–Kier alpha value is -4.18. The molecule has 0 atom stereocenters. The summed E-state index contributed by atoms with van der Waals surface area (Å²) in [7, 11) is 3.05. The minimum absolute atomic E-state index is 0.235. The minimum atomic E-state index is -0.377. The normalized spacial score (nSPS) is 10.9. The van der Waals surface area contributed by atoms with Crippen LogP contribution in [0.1, 0.15) is 39.4 Å². The summed E-state index contributed by atoms with van der Waals surface area (Å²) in [6, 6.07) is 12.3. The Morgan fingerprint density at radius 3 is 2.35 bits per heavy atom. The molecule has 2 aromatic carbocycles. The quantitative estimate of drug-likeness (QED) is 0.265. The Balaban J connectivity index is 1.67. The van der Waals surface area contributed by atoms with Crippen molar-refractivity contribution in [1.29, 1.82) is 0 Å². The van der Waals surface area contributed by atoms with Crippen molar-refractivity contribution >= 4 is 50.6 Å². The molecule has 0 fully saturated rings. The molecule has 192 valence electrons. The number of carbonyl (C=O) groups is 2. The summed E-state index contributed by atoms with van der Waals surface area (Å²) in [5, 5.41) is 6.87. The molecule has 10 heteroatoms. The molecule has 2 heterocycles. The van der Waals surface area contributed by atoms with Crippen molar-refractivity contribution in [3.63, 3.8) is 0 Å². The zero-order valence-corrected chi connectivity index (χ0v) is 22.1. The molecule has 1 amide bonds. The lowest BCUT2D eigenvalue weighted by atomic mass is 10.1. The standard InChI is InChI=1S/C27H28N4O5S/c1-15(2)13-36-27(33)23-16(3)22-24(28-14-29-26(22)37-23)30-18-11-21(35-5)19(12-20(18)34-4)31-25(32)17-9-7-6-8-10-17/h6-12,14-15H,13H2,1-5H3,(H,31,32)(H,28,29,30). The van der Waals surface area contributed by atoms with Gasteiger partial charge in [-0.05, 0) is 30.5 Å². The molecule has 2 aromatic heterocycles. The first-order chi connectivity index (χ1) is 17.8. The number of ether oxygens (including phenoxy) is 3. The number of esters is 1. The third-order valence-corrected chi connectivity index (χ3v) is 6.70. The summed E-state index contributed by atoms with van der Waals surface area (Å²) >= 11 is 1.26. The van der Waals surface area contributed by atoms with E-state index < -0.39 is 0 Å². The topological polar surface area (TPSA) is 112 Å². The van der Waals surface area contributed by atoms with Gasteiger partial charge in [0.15, 0.2) is 0 Å². The smallest absolute Gasteiger partial charge is 0.348 e. The highest BCUT2D eigenvalue weighted by atomic mass is 32.1. The Morgan fingerprint density at radius 2 is 1.68 bits per heavy atom. The molecule has 2 N–H and O–H groups in total. The van der Waals surface area contributed by atoms with Gasteiger partial charge in [-0.1, -0.05) is 32.0 Å². The highest BCUT2D eigenvalue weighted by molar-refractivity contribution is 7.20. The van der Waals surface area contributed by atoms with Gasteiger partial charge in [0, 0.05) is 17.7 Å². The van der Waals surface area contributed by atoms with E-state index in [1.165, 1.54) is 31.9 Å². The summed E-state index contributed by atoms with van der Waals surface area (Å²) in [4.78, 5) is 35.3. The molecule has 0 aliphatic carbocycles. The molecule has 0 aliphatic heterocycles. The fourth-order valence-electron chi connectivity index (χ4n) is 3.67. The van der Waals surface area contributed by atoms with Crippen molar-refractivity contribution in [2.75, 3.05) is 31.5 Å². The van der Waals surface area contributed by atoms with Crippen molar-refractivity contribution in [2.24, 2.45) is 5.92 Å². The maximum atomic E-state index is 12.7. The van der Waals surface area contributed by atoms with Crippen molar-refractivity contribution in [3.05, 3.63) is 64.8 Å². The van der Waals surface area contributed by atoms with Crippen LogP contribution in [-0.2, 0) is 4.74 Å². The van der Waals surface area contributed by atoms with Crippen LogP contribution in [0.4, 0.5) is 17.2 Å². The van der Waals surface area contributed by atoms with Gasteiger partial charge in [-0.3, -0.25) is 4.79 Å². The highest BCUT2D eigenvalue weighted by Gasteiger charge is 2.22. The molecule has 0 unspecified atom stereocenters. The lowest BCUT2D eigenvalue weighted by Crippen LogP contribution is -2.13. The number of amides is 1. The van der Waals surface area contributed by atoms with Crippen LogP contribution < -0.4 is 20.1 Å². The number of anilines is 3. The third-order valence-electron chi connectivity index (χ3n) is 5.52. The van der Waals surface area contributed by atoms with Crippen LogP contribution in [0.5, 0.6) is 11.5 Å². The lowest BCUT2D eigenvalue weighted by Gasteiger charge is -2.17. The first kappa shape index (κ1) is 25.9. The molecule has 4 aromatic rings. The number of nitrogens with zero attached hydrogens (tertiary/aromatic N) is 2. The van der Waals surface area contributed by atoms with Gasteiger partial charge >= 0.3 is 5.97 Å². The molecular formula is C27H28N4O5S. The number of benzene rings is 2. The fourth-order valence-corrected chi connectivity index (χ4v) is 4.72. The van der Waals surface area contributed by atoms with Gasteiger partial charge in [0.25, 0.3) is 5.91 Å². The van der Waals surface area contributed by atoms with E-state index in [-0.39, 0.29) is 17.8 Å². The molecule has 0 bridgehead atoms. The van der Waals surface area contributed by atoms with Crippen molar-refractivity contribution in [2.45, 2.75) is 20.8 Å². The molecule has 0 radical (unpaired) electrons. The van der Waals surface area contributed by atoms with Gasteiger partial charge in [0.1, 0.15) is 33.4 Å². The number of aromatic nitrogens is 2. The number of rotatable bonds is 9. The highest BCUT2D eigenvalue weighted by Crippen LogP contribution is 2.40. The number of hydrogen-bond donors (Lipinski definition) is 2. The number of carbonyl (C=O) groups excluding carboxylic acids is 2. The molecule has 4 rings (SSSR count). The average molecular weight is 521 g/mol. The van der Waals surface area contributed by atoms with E-state index in [0.29, 0.717) is 56.0 Å². The van der Waals surface area contributed by atoms with Crippen molar-refractivity contribution in [3.8, 4) is 11.5 Å². The van der Waals surface area contributed by atoms with Crippen LogP contribution in [0.15, 0.2) is 48.8 Å². The van der Waals surface area contributed by atoms with Gasteiger partial charge in [-0.25, -0.2) is 14.8 Å². The second kappa shape index (κ2) is 11.3. The van der Waals surface area contributed by atoms with E-state index in [1.54, 1.807) is 36.4 Å². The molecule has 0 spiro atoms. The van der Waals surface area contributed by atoms with Crippen LogP contribution >= 0.6 is 11.3 Å². The molecular weight excluding hydrogens is 492 g/mol. The number of aryl methyl sites for hydroxylation is 1. The van der Waals surface area contributed by atoms with Gasteiger partial charge in [0.05, 0.1) is 37.6 Å². The predicted molar refractivity (Wildman–Crippen MR) is 144 cm³/mol. The first-order valence-corrected chi connectivity index (χ1v) is 12.4. The lowest BCUT2D eigenvalue weighted by molar-refractivity contribution is 0.0464. The van der Waals surface area contributed by atoms with E-state index in [9.17, 15) is 9.59 Å². The number of hydrogen-bond acceptors (Lipinski definition) is 9. The summed E-state index contributed by atoms with van der Waals surface area (Å²) in [6.45, 7) is 6.16. The summed E-state index contributed by atoms with van der Waals surface area (Å²) in [5.74, 6) is 0.975. The van der Waals surface area contributed by atoms with Crippen LogP contribution in [0.25, 0.3) is 10.2 Å². The molecule has 0 saturated heterocycles. The van der Waals surface area contributed by atoms with Crippen LogP contribution in [0.3, 0.4) is 0 Å². The summed E-state index contributed by atoms with van der Waals surface area (Å²) in [5.41, 5.74) is 2.26. The SMILES string of the molecule is COc1cc(Nc2ncnc3sc(C(=O)OCC(C)C)c(C)c23)c(OC)cc1NC(=O)c1ccccc1. The largest absolute Gasteiger partial charge is 0.494 e. The molecule has 0 aliphatic rings. The van der Waals surface area contributed by atoms with Gasteiger partial charge in [-0.2, -0.15) is 0 Å². The number of methoxy groups -OCH3 is 2. The maximum absolute atomic E-state index is 12.7. The Bertz CT molecular complexity index is 1440. The fraction of sp³-hybridized carbons (Fsp3) is 0.259. The molecule has 37 heavy (non-hydrogen) atoms. The molecule has 9 nitrogen and oxygen atoms in total. The van der Waals surface area contributed by atoms with Crippen LogP contribution in [0.2, 0.25) is 0 Å². The van der Waals surface area contributed by atoms with E-state index in [2.05, 4.69) is 20.6 Å². The minimum Gasteiger partial charge on any atom is -0.494 e. The van der Waals surface area contributed by atoms with E-state index in [0.717, 1.165) is 5.56 Å². The number of fused-ring (bicyclic) bond motifs is 1. The first-order valence-electron chi connectivity index (χ1n) is 11.6. The Morgan fingerprint density at radius 1 is 1.00 bits per heavy atom. The number of nitrogens with one attached hydrogen (secondary N) is 2. The zero-order valence-electron chi connectivity index (χ0n) is 21.2. The van der Waals surface area contributed by atoms with Gasteiger partial charge in [-0.15, -0.1) is 11.3 Å². The van der Waals surface area contributed by atoms with Crippen LogP contribution in [0, 0.1) is 12.8 Å². The third kappa shape index (κ3) is 5.64. The van der Waals surface area contributed by atoms with Crippen molar-refractivity contribution in [1.82, 2.24) is 9.97 Å². The van der Waals surface area contributed by atoms with E-state index >= 15 is 0 Å². The Labute approximate surface area is 218 Å². The monoisotopic (exact) mass is 520 g/mol. The Kier molecular flexibility index (Phi) is 7.88. The maximum Gasteiger partial charge on any atom is 0.348 e. The average Bonchev–Trinajstić information content (AvgIpc) is 3.25. The van der Waals surface area contributed by atoms with Crippen LogP contribution in [-0.4, -0.2) is 42.7 Å².